The number of hydrogen-bond acceptors (Lipinski definition) is 4. The summed E-state index contributed by atoms with van der Waals surface area (Å²) in [4.78, 5) is 33.5. The summed E-state index contributed by atoms with van der Waals surface area (Å²) in [5.74, 6) is 0.359. The summed E-state index contributed by atoms with van der Waals surface area (Å²) in [5, 5.41) is 0. The fourth-order valence-electron chi connectivity index (χ4n) is 3.97. The zero-order valence-electron chi connectivity index (χ0n) is 14.4. The molecule has 0 aliphatic carbocycles. The first-order valence-electron chi connectivity index (χ1n) is 8.61. The van der Waals surface area contributed by atoms with Crippen molar-refractivity contribution in [3.8, 4) is 0 Å². The maximum absolute atomic E-state index is 12.8. The van der Waals surface area contributed by atoms with Gasteiger partial charge in [0.05, 0.1) is 30.6 Å². The van der Waals surface area contributed by atoms with Crippen LogP contribution in [0.2, 0.25) is 0 Å². The Hall–Kier alpha value is -2.63. The van der Waals surface area contributed by atoms with Crippen molar-refractivity contribution in [2.24, 2.45) is 0 Å². The molecule has 130 valence electrons. The van der Waals surface area contributed by atoms with Gasteiger partial charge in [-0.3, -0.25) is 14.6 Å². The fourth-order valence-corrected chi connectivity index (χ4v) is 3.97. The van der Waals surface area contributed by atoms with Crippen molar-refractivity contribution in [2.75, 3.05) is 6.54 Å². The van der Waals surface area contributed by atoms with E-state index in [1.54, 1.807) is 11.0 Å². The van der Waals surface area contributed by atoms with Crippen LogP contribution in [0.3, 0.4) is 0 Å². The highest BCUT2D eigenvalue weighted by atomic mass is 16.3. The molecule has 2 aliphatic heterocycles. The lowest BCUT2D eigenvalue weighted by molar-refractivity contribution is -0.129. The van der Waals surface area contributed by atoms with Gasteiger partial charge in [-0.1, -0.05) is 6.07 Å². The van der Waals surface area contributed by atoms with Gasteiger partial charge in [-0.05, 0) is 38.5 Å². The molecule has 25 heavy (non-hydrogen) atoms. The summed E-state index contributed by atoms with van der Waals surface area (Å²) in [6, 6.07) is 7.62. The Morgan fingerprint density at radius 2 is 2.12 bits per heavy atom. The SMILES string of the molecule is Cc1cccc(CN2C(=O)C[C@H]3[C@H]2CCN3C(=O)c2occc2C)n1. The van der Waals surface area contributed by atoms with E-state index in [1.807, 2.05) is 36.9 Å². The quantitative estimate of drug-likeness (QED) is 0.861. The molecule has 4 rings (SSSR count). The normalized spacial score (nSPS) is 22.6. The van der Waals surface area contributed by atoms with Gasteiger partial charge < -0.3 is 14.2 Å². The van der Waals surface area contributed by atoms with E-state index in [9.17, 15) is 9.59 Å². The number of aryl methyl sites for hydroxylation is 2. The smallest absolute Gasteiger partial charge is 0.290 e. The zero-order valence-corrected chi connectivity index (χ0v) is 14.4. The largest absolute Gasteiger partial charge is 0.459 e. The topological polar surface area (TPSA) is 66.7 Å². The Morgan fingerprint density at radius 3 is 2.84 bits per heavy atom. The number of carbonyl (C=O) groups excluding carboxylic acids is 2. The molecule has 2 amide bonds. The molecule has 6 nitrogen and oxygen atoms in total. The van der Waals surface area contributed by atoms with E-state index in [1.165, 1.54) is 6.26 Å². The van der Waals surface area contributed by atoms with Crippen LogP contribution in [-0.4, -0.2) is 45.2 Å². The van der Waals surface area contributed by atoms with Gasteiger partial charge in [0.2, 0.25) is 5.91 Å². The first kappa shape index (κ1) is 15.9. The van der Waals surface area contributed by atoms with Gasteiger partial charge in [0.1, 0.15) is 0 Å². The van der Waals surface area contributed by atoms with Crippen LogP contribution in [0, 0.1) is 13.8 Å². The summed E-state index contributed by atoms with van der Waals surface area (Å²) >= 11 is 0. The van der Waals surface area contributed by atoms with Crippen LogP contribution in [0.4, 0.5) is 0 Å². The maximum Gasteiger partial charge on any atom is 0.290 e. The number of likely N-dealkylation sites (tertiary alicyclic amines) is 2. The molecule has 0 radical (unpaired) electrons. The lowest BCUT2D eigenvalue weighted by Crippen LogP contribution is -2.39. The average molecular weight is 339 g/mol. The fraction of sp³-hybridized carbons (Fsp3) is 0.421. The highest BCUT2D eigenvalue weighted by Gasteiger charge is 2.48. The Morgan fingerprint density at radius 1 is 1.28 bits per heavy atom. The lowest BCUT2D eigenvalue weighted by atomic mass is 10.1. The van der Waals surface area contributed by atoms with Crippen molar-refractivity contribution < 1.29 is 14.0 Å². The Labute approximate surface area is 146 Å². The molecule has 2 fully saturated rings. The van der Waals surface area contributed by atoms with Gasteiger partial charge in [-0.2, -0.15) is 0 Å². The Balaban J connectivity index is 1.53. The molecule has 4 heterocycles. The number of nitrogens with zero attached hydrogens (tertiary/aromatic N) is 3. The van der Waals surface area contributed by atoms with E-state index >= 15 is 0 Å². The van der Waals surface area contributed by atoms with Crippen molar-refractivity contribution >= 4 is 11.8 Å². The molecular formula is C19H21N3O3. The zero-order chi connectivity index (χ0) is 17.6. The molecule has 0 unspecified atom stereocenters. The summed E-state index contributed by atoms with van der Waals surface area (Å²) < 4.78 is 5.35. The molecule has 0 spiro atoms. The van der Waals surface area contributed by atoms with Crippen molar-refractivity contribution in [3.05, 3.63) is 53.2 Å². The summed E-state index contributed by atoms with van der Waals surface area (Å²) in [6.07, 6.45) is 2.71. The van der Waals surface area contributed by atoms with Crippen LogP contribution in [0.25, 0.3) is 0 Å². The second kappa shape index (κ2) is 6.02. The van der Waals surface area contributed by atoms with Crippen molar-refractivity contribution in [1.82, 2.24) is 14.8 Å². The highest BCUT2D eigenvalue weighted by Crippen LogP contribution is 2.34. The Kier molecular flexibility index (Phi) is 3.82. The third-order valence-electron chi connectivity index (χ3n) is 5.21. The standard InChI is InChI=1S/C19H21N3O3/c1-12-7-9-25-18(12)19(24)21-8-6-15-16(21)10-17(23)22(15)11-14-5-3-4-13(2)20-14/h3-5,7,9,15-16H,6,8,10-11H2,1-2H3/t15-,16+/m1/s1. The van der Waals surface area contributed by atoms with E-state index < -0.39 is 0 Å². The third kappa shape index (κ3) is 2.71. The predicted molar refractivity (Wildman–Crippen MR) is 90.8 cm³/mol. The molecule has 2 saturated heterocycles. The van der Waals surface area contributed by atoms with Gasteiger partial charge in [0, 0.05) is 24.2 Å². The third-order valence-corrected chi connectivity index (χ3v) is 5.21. The number of hydrogen-bond donors (Lipinski definition) is 0. The second-order valence-corrected chi connectivity index (χ2v) is 6.85. The minimum Gasteiger partial charge on any atom is -0.459 e. The van der Waals surface area contributed by atoms with Gasteiger partial charge >= 0.3 is 0 Å². The molecule has 2 aromatic rings. The molecule has 2 aliphatic rings. The molecule has 2 atom stereocenters. The highest BCUT2D eigenvalue weighted by molar-refractivity contribution is 5.94. The van der Waals surface area contributed by atoms with Crippen LogP contribution in [0.15, 0.2) is 34.9 Å². The number of rotatable bonds is 3. The van der Waals surface area contributed by atoms with Gasteiger partial charge in [0.25, 0.3) is 5.91 Å². The monoisotopic (exact) mass is 339 g/mol. The number of fused-ring (bicyclic) bond motifs is 1. The van der Waals surface area contributed by atoms with E-state index in [0.29, 0.717) is 25.3 Å². The number of pyridine rings is 1. The van der Waals surface area contributed by atoms with E-state index in [4.69, 9.17) is 4.42 Å². The van der Waals surface area contributed by atoms with Crippen molar-refractivity contribution in [2.45, 2.75) is 45.3 Å². The minimum absolute atomic E-state index is 0.0639. The van der Waals surface area contributed by atoms with Crippen molar-refractivity contribution in [1.29, 1.82) is 0 Å². The summed E-state index contributed by atoms with van der Waals surface area (Å²) in [6.45, 7) is 4.96. The summed E-state index contributed by atoms with van der Waals surface area (Å²) in [5.41, 5.74) is 2.66. The first-order chi connectivity index (χ1) is 12.0. The van der Waals surface area contributed by atoms with Crippen LogP contribution in [0.5, 0.6) is 0 Å². The molecule has 0 N–H and O–H groups in total. The van der Waals surface area contributed by atoms with Crippen LogP contribution in [-0.2, 0) is 11.3 Å². The maximum atomic E-state index is 12.8. The average Bonchev–Trinajstić information content (AvgIpc) is 3.25. The van der Waals surface area contributed by atoms with Crippen molar-refractivity contribution in [3.63, 3.8) is 0 Å². The molecule has 6 heteroatoms. The molecule has 2 aromatic heterocycles. The van der Waals surface area contributed by atoms with Gasteiger partial charge in [0.15, 0.2) is 5.76 Å². The van der Waals surface area contributed by atoms with Crippen LogP contribution >= 0.6 is 0 Å². The number of amides is 2. The molecule has 0 saturated carbocycles. The van der Waals surface area contributed by atoms with Gasteiger partial charge in [-0.15, -0.1) is 0 Å². The van der Waals surface area contributed by atoms with E-state index in [0.717, 1.165) is 23.4 Å². The minimum atomic E-state index is -0.113. The molecular weight excluding hydrogens is 318 g/mol. The number of carbonyl (C=O) groups is 2. The molecule has 0 aromatic carbocycles. The molecule has 0 bridgehead atoms. The second-order valence-electron chi connectivity index (χ2n) is 6.85. The van der Waals surface area contributed by atoms with Crippen LogP contribution in [0.1, 0.15) is 40.3 Å². The van der Waals surface area contributed by atoms with E-state index in [2.05, 4.69) is 4.98 Å². The lowest BCUT2D eigenvalue weighted by Gasteiger charge is -2.25. The summed E-state index contributed by atoms with van der Waals surface area (Å²) in [7, 11) is 0. The predicted octanol–water partition coefficient (Wildman–Crippen LogP) is 2.31. The Bertz CT molecular complexity index is 829. The first-order valence-corrected chi connectivity index (χ1v) is 8.61. The number of aromatic nitrogens is 1. The van der Waals surface area contributed by atoms with E-state index in [-0.39, 0.29) is 23.9 Å². The number of furan rings is 1. The van der Waals surface area contributed by atoms with Crippen LogP contribution < -0.4 is 0 Å². The van der Waals surface area contributed by atoms with Gasteiger partial charge in [-0.25, -0.2) is 0 Å².